The number of esters is 1. The molecule has 31 heavy (non-hydrogen) atoms. The van der Waals surface area contributed by atoms with Gasteiger partial charge in [0, 0.05) is 16.5 Å². The van der Waals surface area contributed by atoms with Crippen LogP contribution < -0.4 is 0 Å². The first-order chi connectivity index (χ1) is 15.1. The van der Waals surface area contributed by atoms with E-state index in [9.17, 15) is 9.59 Å². The second-order valence-electron chi connectivity index (χ2n) is 7.42. The molecule has 0 saturated heterocycles. The molecule has 4 rings (SSSR count). The Labute approximate surface area is 181 Å². The molecule has 4 aromatic rings. The average molecular weight is 409 g/mol. The van der Waals surface area contributed by atoms with Crippen molar-refractivity contribution in [2.24, 2.45) is 0 Å². The zero-order valence-electron chi connectivity index (χ0n) is 17.5. The summed E-state index contributed by atoms with van der Waals surface area (Å²) in [5.74, 6) is -0.722. The maximum Gasteiger partial charge on any atom is 0.339 e. The molecule has 1 aromatic heterocycles. The van der Waals surface area contributed by atoms with Crippen LogP contribution in [0.25, 0.3) is 22.2 Å². The lowest BCUT2D eigenvalue weighted by atomic mass is 10.0. The third-order valence-electron chi connectivity index (χ3n) is 5.30. The van der Waals surface area contributed by atoms with Gasteiger partial charge in [-0.3, -0.25) is 4.79 Å². The molecule has 4 heteroatoms. The van der Waals surface area contributed by atoms with Crippen molar-refractivity contribution < 1.29 is 14.3 Å². The third kappa shape index (κ3) is 4.24. The van der Waals surface area contributed by atoms with E-state index in [0.717, 1.165) is 16.6 Å². The van der Waals surface area contributed by atoms with Crippen molar-refractivity contribution >= 4 is 22.7 Å². The Balaban J connectivity index is 1.74. The minimum Gasteiger partial charge on any atom is -0.450 e. The monoisotopic (exact) mass is 409 g/mol. The van der Waals surface area contributed by atoms with Crippen LogP contribution in [0.4, 0.5) is 0 Å². The van der Waals surface area contributed by atoms with Gasteiger partial charge in [-0.2, -0.15) is 0 Å². The number of carbonyl (C=O) groups is 2. The lowest BCUT2D eigenvalue weighted by molar-refractivity contribution is 0.0279. The molecule has 3 aromatic carbocycles. The van der Waals surface area contributed by atoms with Gasteiger partial charge < -0.3 is 4.74 Å². The molecular formula is C27H23NO3. The van der Waals surface area contributed by atoms with Crippen molar-refractivity contribution in [3.8, 4) is 11.3 Å². The molecule has 1 heterocycles. The van der Waals surface area contributed by atoms with Crippen LogP contribution in [-0.4, -0.2) is 22.8 Å². The number of rotatable bonds is 6. The van der Waals surface area contributed by atoms with Gasteiger partial charge in [-0.1, -0.05) is 85.8 Å². The predicted octanol–water partition coefficient (Wildman–Crippen LogP) is 6.03. The summed E-state index contributed by atoms with van der Waals surface area (Å²) >= 11 is 0. The Morgan fingerprint density at radius 1 is 0.903 bits per heavy atom. The van der Waals surface area contributed by atoms with Crippen LogP contribution >= 0.6 is 0 Å². The summed E-state index contributed by atoms with van der Waals surface area (Å²) in [5.41, 5.74) is 4.26. The Morgan fingerprint density at radius 2 is 1.58 bits per heavy atom. The highest BCUT2D eigenvalue weighted by atomic mass is 16.5. The van der Waals surface area contributed by atoms with E-state index in [0.29, 0.717) is 28.6 Å². The molecule has 0 saturated carbocycles. The van der Waals surface area contributed by atoms with Gasteiger partial charge in [0.1, 0.15) is 0 Å². The highest BCUT2D eigenvalue weighted by Crippen LogP contribution is 2.28. The number of ether oxygens (including phenoxy) is 1. The maximum atomic E-state index is 13.3. The number of aromatic nitrogens is 1. The quantitative estimate of drug-likeness (QED) is 0.288. The fourth-order valence-corrected chi connectivity index (χ4v) is 3.62. The van der Waals surface area contributed by atoms with Crippen molar-refractivity contribution in [3.63, 3.8) is 0 Å². The number of pyridine rings is 1. The first-order valence-corrected chi connectivity index (χ1v) is 10.3. The fraction of sp³-hybridized carbons (Fsp3) is 0.148. The van der Waals surface area contributed by atoms with E-state index in [1.54, 1.807) is 30.3 Å². The van der Waals surface area contributed by atoms with Crippen LogP contribution in [-0.2, 0) is 4.74 Å². The summed E-state index contributed by atoms with van der Waals surface area (Å²) in [5, 5.41) is 0.715. The Hall–Kier alpha value is -3.79. The highest BCUT2D eigenvalue weighted by molar-refractivity contribution is 6.07. The van der Waals surface area contributed by atoms with Gasteiger partial charge in [0.15, 0.2) is 6.10 Å². The summed E-state index contributed by atoms with van der Waals surface area (Å²) in [6.07, 6.45) is -0.448. The number of nitrogens with zero attached hydrogens (tertiary/aromatic N) is 1. The molecule has 0 aliphatic carbocycles. The van der Waals surface area contributed by atoms with E-state index in [1.807, 2.05) is 68.4 Å². The lowest BCUT2D eigenvalue weighted by Crippen LogP contribution is -2.27. The van der Waals surface area contributed by atoms with E-state index < -0.39 is 12.1 Å². The number of fused-ring (bicyclic) bond motifs is 1. The largest absolute Gasteiger partial charge is 0.450 e. The maximum absolute atomic E-state index is 13.3. The van der Waals surface area contributed by atoms with E-state index >= 15 is 0 Å². The average Bonchev–Trinajstić information content (AvgIpc) is 2.82. The SMILES string of the molecule is CCC(OC(=O)c1cc(-c2ccccc2)nc2c(C)cccc12)C(=O)c1ccccc1. The number of Topliss-reactive ketones (excluding diaryl/α,β-unsaturated/α-hetero) is 1. The molecule has 0 aliphatic heterocycles. The van der Waals surface area contributed by atoms with E-state index in [2.05, 4.69) is 0 Å². The van der Waals surface area contributed by atoms with E-state index in [1.165, 1.54) is 0 Å². The van der Waals surface area contributed by atoms with Crippen molar-refractivity contribution in [2.45, 2.75) is 26.4 Å². The lowest BCUT2D eigenvalue weighted by Gasteiger charge is -2.17. The molecule has 0 aliphatic rings. The smallest absolute Gasteiger partial charge is 0.339 e. The standard InChI is InChI=1S/C27H23NO3/c1-3-24(26(29)20-14-8-5-9-15-20)31-27(30)22-17-23(19-12-6-4-7-13-19)28-25-18(2)11-10-16-21(22)25/h4-17,24H,3H2,1-2H3. The van der Waals surface area contributed by atoms with Crippen molar-refractivity contribution in [1.29, 1.82) is 0 Å². The first-order valence-electron chi connectivity index (χ1n) is 10.3. The van der Waals surface area contributed by atoms with Gasteiger partial charge in [-0.25, -0.2) is 9.78 Å². The molecule has 1 unspecified atom stereocenters. The number of para-hydroxylation sites is 1. The number of aryl methyl sites for hydroxylation is 1. The molecular weight excluding hydrogens is 386 g/mol. The topological polar surface area (TPSA) is 56.3 Å². The summed E-state index contributed by atoms with van der Waals surface area (Å²) in [4.78, 5) is 30.9. The predicted molar refractivity (Wildman–Crippen MR) is 122 cm³/mol. The fourth-order valence-electron chi connectivity index (χ4n) is 3.62. The minimum atomic E-state index is -0.844. The molecule has 0 radical (unpaired) electrons. The van der Waals surface area contributed by atoms with Crippen molar-refractivity contribution in [2.75, 3.05) is 0 Å². The number of hydrogen-bond acceptors (Lipinski definition) is 4. The number of hydrogen-bond donors (Lipinski definition) is 0. The second-order valence-corrected chi connectivity index (χ2v) is 7.42. The summed E-state index contributed by atoms with van der Waals surface area (Å²) in [7, 11) is 0. The molecule has 0 spiro atoms. The minimum absolute atomic E-state index is 0.200. The van der Waals surface area contributed by atoms with Crippen LogP contribution in [0.15, 0.2) is 84.9 Å². The van der Waals surface area contributed by atoms with Gasteiger partial charge in [0.25, 0.3) is 0 Å². The Bertz CT molecular complexity index is 1230. The molecule has 0 bridgehead atoms. The number of benzene rings is 3. The number of ketones is 1. The first kappa shape index (κ1) is 20.5. The summed E-state index contributed by atoms with van der Waals surface area (Å²) in [6, 6.07) is 26.1. The normalized spacial score (nSPS) is 11.8. The third-order valence-corrected chi connectivity index (χ3v) is 5.30. The van der Waals surface area contributed by atoms with Crippen molar-refractivity contribution in [1.82, 2.24) is 4.98 Å². The van der Waals surface area contributed by atoms with Gasteiger partial charge in [-0.05, 0) is 25.0 Å². The molecule has 4 nitrogen and oxygen atoms in total. The number of carbonyl (C=O) groups excluding carboxylic acids is 2. The van der Waals surface area contributed by atoms with Crippen LogP contribution in [0.5, 0.6) is 0 Å². The van der Waals surface area contributed by atoms with E-state index in [-0.39, 0.29) is 5.78 Å². The zero-order chi connectivity index (χ0) is 21.8. The molecule has 0 fully saturated rings. The summed E-state index contributed by atoms with van der Waals surface area (Å²) in [6.45, 7) is 3.80. The van der Waals surface area contributed by atoms with Crippen LogP contribution in [0.2, 0.25) is 0 Å². The second kappa shape index (κ2) is 8.92. The van der Waals surface area contributed by atoms with Gasteiger partial charge in [-0.15, -0.1) is 0 Å². The van der Waals surface area contributed by atoms with Gasteiger partial charge >= 0.3 is 5.97 Å². The van der Waals surface area contributed by atoms with Gasteiger partial charge in [0.05, 0.1) is 16.8 Å². The Kier molecular flexibility index (Phi) is 5.89. The van der Waals surface area contributed by atoms with E-state index in [4.69, 9.17) is 9.72 Å². The zero-order valence-corrected chi connectivity index (χ0v) is 17.5. The molecule has 0 N–H and O–H groups in total. The Morgan fingerprint density at radius 3 is 2.26 bits per heavy atom. The van der Waals surface area contributed by atoms with Crippen LogP contribution in [0.3, 0.4) is 0 Å². The molecule has 154 valence electrons. The molecule has 1 atom stereocenters. The summed E-state index contributed by atoms with van der Waals surface area (Å²) < 4.78 is 5.72. The van der Waals surface area contributed by atoms with Crippen LogP contribution in [0, 0.1) is 6.92 Å². The van der Waals surface area contributed by atoms with Gasteiger partial charge in [0.2, 0.25) is 5.78 Å². The van der Waals surface area contributed by atoms with Crippen molar-refractivity contribution in [3.05, 3.63) is 102 Å². The highest BCUT2D eigenvalue weighted by Gasteiger charge is 2.25. The van der Waals surface area contributed by atoms with Crippen LogP contribution in [0.1, 0.15) is 39.6 Å². The molecule has 0 amide bonds.